The molecule has 3 fully saturated rings. The van der Waals surface area contributed by atoms with E-state index >= 15 is 0 Å². The summed E-state index contributed by atoms with van der Waals surface area (Å²) in [5.74, 6) is -1.17. The average molecular weight is 923 g/mol. The maximum atomic E-state index is 14.6. The van der Waals surface area contributed by atoms with Gasteiger partial charge in [-0.25, -0.2) is 9.48 Å². The molecule has 364 valence electrons. The number of carbonyl (C=O) groups excluding carboxylic acids is 4. The van der Waals surface area contributed by atoms with Gasteiger partial charge in [-0.1, -0.05) is 77.6 Å². The maximum absolute atomic E-state index is 14.6. The Hall–Kier alpha value is -5.28. The SMILES string of the molecule is CCCCC(C)C(=O)OCn1c(=O)c(C2CCN(C(=O)N[C@H](Cc3cc(C)c4nn(COC(=O)[C@H](C)CCCC)cc4c3)C(=O)N3CCN(C4CCN(C)CC4)CC3)CC2)cc2ccccc21. The number of ether oxygens (including phenoxy) is 2. The normalized spacial score (nSPS) is 18.2. The highest BCUT2D eigenvalue weighted by Gasteiger charge is 2.34. The van der Waals surface area contributed by atoms with Gasteiger partial charge >= 0.3 is 18.0 Å². The van der Waals surface area contributed by atoms with Gasteiger partial charge in [0.1, 0.15) is 6.04 Å². The number of nitrogens with zero attached hydrogens (tertiary/aromatic N) is 7. The van der Waals surface area contributed by atoms with Crippen molar-refractivity contribution in [3.63, 3.8) is 0 Å². The van der Waals surface area contributed by atoms with E-state index < -0.39 is 6.04 Å². The Balaban J connectivity index is 1.04. The monoisotopic (exact) mass is 923 g/mol. The number of piperidine rings is 2. The Morgan fingerprint density at radius 3 is 2.07 bits per heavy atom. The molecule has 5 heterocycles. The molecule has 2 aromatic heterocycles. The first-order valence-electron chi connectivity index (χ1n) is 25.0. The molecule has 0 radical (unpaired) electrons. The number of aryl methyl sites for hydroxylation is 1. The molecule has 67 heavy (non-hydrogen) atoms. The summed E-state index contributed by atoms with van der Waals surface area (Å²) >= 11 is 0. The van der Waals surface area contributed by atoms with E-state index in [1.165, 1.54) is 0 Å². The number of amides is 3. The van der Waals surface area contributed by atoms with E-state index in [-0.39, 0.29) is 60.7 Å². The van der Waals surface area contributed by atoms with Gasteiger partial charge in [-0.05, 0) is 106 Å². The minimum Gasteiger partial charge on any atom is -0.444 e. The molecule has 1 unspecified atom stereocenters. The molecule has 7 rings (SSSR count). The van der Waals surface area contributed by atoms with Crippen molar-refractivity contribution >= 4 is 45.7 Å². The number of aromatic nitrogens is 3. The number of esters is 2. The molecular weight excluding hydrogens is 849 g/mol. The Labute approximate surface area is 396 Å². The first kappa shape index (κ1) is 49.6. The van der Waals surface area contributed by atoms with Gasteiger partial charge in [0.05, 0.1) is 22.9 Å². The van der Waals surface area contributed by atoms with Crippen molar-refractivity contribution in [1.82, 2.24) is 39.3 Å². The first-order valence-corrected chi connectivity index (χ1v) is 25.0. The van der Waals surface area contributed by atoms with Crippen LogP contribution in [0.25, 0.3) is 21.8 Å². The molecule has 0 aliphatic carbocycles. The number of hydrogen-bond acceptors (Lipinski definition) is 10. The molecular formula is C52H74N8O7. The van der Waals surface area contributed by atoms with Gasteiger partial charge in [0.25, 0.3) is 5.56 Å². The molecule has 3 saturated heterocycles. The van der Waals surface area contributed by atoms with E-state index in [1.807, 2.05) is 74.3 Å². The summed E-state index contributed by atoms with van der Waals surface area (Å²) in [6.45, 7) is 15.6. The van der Waals surface area contributed by atoms with Gasteiger partial charge in [-0.2, -0.15) is 5.10 Å². The van der Waals surface area contributed by atoms with Gasteiger partial charge in [-0.15, -0.1) is 0 Å². The third kappa shape index (κ3) is 12.4. The number of rotatable bonds is 18. The Bertz CT molecular complexity index is 2390. The number of unbranched alkanes of at least 4 members (excludes halogenated alkanes) is 2. The second-order valence-corrected chi connectivity index (χ2v) is 19.5. The van der Waals surface area contributed by atoms with Crippen molar-refractivity contribution in [1.29, 1.82) is 0 Å². The van der Waals surface area contributed by atoms with E-state index in [1.54, 1.807) is 14.1 Å². The van der Waals surface area contributed by atoms with Crippen LogP contribution in [0.5, 0.6) is 0 Å². The van der Waals surface area contributed by atoms with Crippen LogP contribution in [-0.2, 0) is 43.7 Å². The summed E-state index contributed by atoms with van der Waals surface area (Å²) in [5, 5.41) is 9.64. The zero-order chi connectivity index (χ0) is 47.6. The van der Waals surface area contributed by atoms with Crippen molar-refractivity contribution in [3.05, 3.63) is 75.7 Å². The van der Waals surface area contributed by atoms with Gasteiger partial charge in [0.2, 0.25) is 5.91 Å². The lowest BCUT2D eigenvalue weighted by Crippen LogP contribution is -2.59. The smallest absolute Gasteiger partial charge is 0.318 e. The highest BCUT2D eigenvalue weighted by Crippen LogP contribution is 2.29. The summed E-state index contributed by atoms with van der Waals surface area (Å²) in [5.41, 5.74) is 3.77. The van der Waals surface area contributed by atoms with Gasteiger partial charge in [0.15, 0.2) is 13.5 Å². The molecule has 1 N–H and O–H groups in total. The average Bonchev–Trinajstić information content (AvgIpc) is 3.77. The number of carbonyl (C=O) groups is 4. The number of piperazine rings is 1. The molecule has 3 atom stereocenters. The number of para-hydroxylation sites is 1. The van der Waals surface area contributed by atoms with E-state index in [0.29, 0.717) is 62.6 Å². The fourth-order valence-electron chi connectivity index (χ4n) is 10.1. The van der Waals surface area contributed by atoms with Crippen LogP contribution in [0.15, 0.2) is 53.5 Å². The van der Waals surface area contributed by atoms with Crippen molar-refractivity contribution in [2.75, 3.05) is 59.4 Å². The molecule has 15 nitrogen and oxygen atoms in total. The van der Waals surface area contributed by atoms with Crippen LogP contribution in [0, 0.1) is 18.8 Å². The number of likely N-dealkylation sites (tertiary alicyclic amines) is 2. The Morgan fingerprint density at radius 2 is 1.42 bits per heavy atom. The van der Waals surface area contributed by atoms with Gasteiger partial charge in [-0.3, -0.25) is 28.6 Å². The highest BCUT2D eigenvalue weighted by molar-refractivity contribution is 5.88. The summed E-state index contributed by atoms with van der Waals surface area (Å²) in [6.07, 6.45) is 11.0. The van der Waals surface area contributed by atoms with Crippen molar-refractivity contribution < 1.29 is 28.7 Å². The zero-order valence-corrected chi connectivity index (χ0v) is 40.8. The number of pyridine rings is 1. The number of hydrogen-bond donors (Lipinski definition) is 1. The van der Waals surface area contributed by atoms with Crippen LogP contribution in [0.2, 0.25) is 0 Å². The van der Waals surface area contributed by atoms with Gasteiger partial charge < -0.3 is 29.5 Å². The molecule has 15 heteroatoms. The van der Waals surface area contributed by atoms with Crippen LogP contribution in [0.1, 0.15) is 115 Å². The van der Waals surface area contributed by atoms with Crippen LogP contribution in [0.3, 0.4) is 0 Å². The van der Waals surface area contributed by atoms with E-state index in [2.05, 4.69) is 36.0 Å². The van der Waals surface area contributed by atoms with Gasteiger partial charge in [0, 0.05) is 68.9 Å². The van der Waals surface area contributed by atoms with Crippen LogP contribution >= 0.6 is 0 Å². The lowest BCUT2D eigenvalue weighted by atomic mass is 9.89. The lowest BCUT2D eigenvalue weighted by Gasteiger charge is -2.43. The number of fused-ring (bicyclic) bond motifs is 2. The second-order valence-electron chi connectivity index (χ2n) is 19.5. The number of urea groups is 1. The summed E-state index contributed by atoms with van der Waals surface area (Å²) in [6, 6.07) is 13.0. The van der Waals surface area contributed by atoms with Crippen LogP contribution in [0.4, 0.5) is 4.79 Å². The second kappa shape index (κ2) is 23.1. The minimum atomic E-state index is -0.808. The zero-order valence-electron chi connectivity index (χ0n) is 40.8. The highest BCUT2D eigenvalue weighted by atomic mass is 16.5. The third-order valence-electron chi connectivity index (χ3n) is 14.5. The fraction of sp³-hybridized carbons (Fsp3) is 0.615. The van der Waals surface area contributed by atoms with E-state index in [9.17, 15) is 24.0 Å². The largest absolute Gasteiger partial charge is 0.444 e. The molecule has 3 amide bonds. The molecule has 3 aliphatic heterocycles. The summed E-state index contributed by atoms with van der Waals surface area (Å²) < 4.78 is 14.5. The standard InChI is InChI=1S/C52H74N8O7/c1-7-9-13-36(3)50(63)66-34-59-33-42-30-39(29-38(5)47(42)54-59)31-45(49(62)57-27-25-56(26-28-57)43-19-21-55(6)22-20-43)53-52(65)58-23-17-40(18-24-58)44-32-41-15-11-12-16-46(41)60(48(44)61)35-67-51(64)37(4)14-10-8-2/h11-12,15-16,29-30,32-33,36-37,40,43,45H,7-10,13-14,17-28,31,34-35H2,1-6H3,(H,53,65)/t36-,37?,45-/m1/s1. The summed E-state index contributed by atoms with van der Waals surface area (Å²) in [7, 11) is 2.17. The van der Waals surface area contributed by atoms with E-state index in [4.69, 9.17) is 14.6 Å². The van der Waals surface area contributed by atoms with Crippen molar-refractivity contribution in [2.24, 2.45) is 11.8 Å². The van der Waals surface area contributed by atoms with Crippen LogP contribution < -0.4 is 10.9 Å². The first-order chi connectivity index (χ1) is 32.3. The van der Waals surface area contributed by atoms with E-state index in [0.717, 1.165) is 105 Å². The minimum absolute atomic E-state index is 0.0150. The molecule has 2 aromatic carbocycles. The van der Waals surface area contributed by atoms with Crippen molar-refractivity contribution in [3.8, 4) is 0 Å². The topological polar surface area (TPSA) is 152 Å². The number of nitrogens with one attached hydrogen (secondary N) is 1. The molecule has 4 aromatic rings. The predicted molar refractivity (Wildman–Crippen MR) is 260 cm³/mol. The molecule has 3 aliphatic rings. The quantitative estimate of drug-likeness (QED) is 0.103. The summed E-state index contributed by atoms with van der Waals surface area (Å²) in [4.78, 5) is 77.1. The lowest BCUT2D eigenvalue weighted by molar-refractivity contribution is -0.153. The molecule has 0 spiro atoms. The fourth-order valence-corrected chi connectivity index (χ4v) is 10.1. The Kier molecular flexibility index (Phi) is 17.1. The molecule has 0 saturated carbocycles. The molecule has 0 bridgehead atoms. The maximum Gasteiger partial charge on any atom is 0.318 e. The van der Waals surface area contributed by atoms with Crippen molar-refractivity contribution in [2.45, 2.75) is 137 Å². The Morgan fingerprint density at radius 1 is 0.776 bits per heavy atom. The number of benzene rings is 2. The predicted octanol–water partition coefficient (Wildman–Crippen LogP) is 7.05. The third-order valence-corrected chi connectivity index (χ3v) is 14.5. The van der Waals surface area contributed by atoms with Crippen LogP contribution in [-0.4, -0.2) is 129 Å².